The van der Waals surface area contributed by atoms with Crippen LogP contribution in [0.5, 0.6) is 0 Å². The summed E-state index contributed by atoms with van der Waals surface area (Å²) in [4.78, 5) is 11.6. The van der Waals surface area contributed by atoms with Crippen LogP contribution in [0.25, 0.3) is 0 Å². The van der Waals surface area contributed by atoms with Gasteiger partial charge in [0.1, 0.15) is 0 Å². The monoisotopic (exact) mass is 218 g/mol. The third kappa shape index (κ3) is 4.28. The third-order valence-corrected chi connectivity index (χ3v) is 2.19. The number of nitrogens with one attached hydrogen (secondary N) is 2. The Hall–Kier alpha value is -1.61. The van der Waals surface area contributed by atoms with Gasteiger partial charge >= 0.3 is 0 Å². The van der Waals surface area contributed by atoms with E-state index in [0.717, 1.165) is 18.7 Å². The Kier molecular flexibility index (Phi) is 5.29. The Morgan fingerprint density at radius 2 is 2.00 bits per heavy atom. The van der Waals surface area contributed by atoms with Crippen molar-refractivity contribution in [3.8, 4) is 0 Å². The molecule has 1 aromatic carbocycles. The van der Waals surface area contributed by atoms with Crippen LogP contribution in [0.15, 0.2) is 36.9 Å². The van der Waals surface area contributed by atoms with Crippen molar-refractivity contribution < 1.29 is 4.79 Å². The van der Waals surface area contributed by atoms with Gasteiger partial charge in [0.2, 0.25) is 0 Å². The molecule has 1 amide bonds. The van der Waals surface area contributed by atoms with E-state index in [2.05, 4.69) is 17.2 Å². The summed E-state index contributed by atoms with van der Waals surface area (Å²) in [5.74, 6) is -0.0274. The number of rotatable bonds is 6. The molecule has 3 nitrogen and oxygen atoms in total. The van der Waals surface area contributed by atoms with Crippen LogP contribution < -0.4 is 10.6 Å². The average molecular weight is 218 g/mol. The molecule has 16 heavy (non-hydrogen) atoms. The van der Waals surface area contributed by atoms with E-state index in [1.54, 1.807) is 6.08 Å². The minimum atomic E-state index is -0.0274. The Morgan fingerprint density at radius 3 is 2.62 bits per heavy atom. The molecule has 0 aliphatic rings. The number of amides is 1. The summed E-state index contributed by atoms with van der Waals surface area (Å²) in [6.07, 6.45) is 1.79. The van der Waals surface area contributed by atoms with E-state index in [0.29, 0.717) is 12.1 Å². The Bertz CT molecular complexity index is 343. The highest BCUT2D eigenvalue weighted by molar-refractivity contribution is 5.94. The largest absolute Gasteiger partial charge is 0.351 e. The highest BCUT2D eigenvalue weighted by Crippen LogP contribution is 2.02. The van der Waals surface area contributed by atoms with Crippen molar-refractivity contribution in [3.63, 3.8) is 0 Å². The summed E-state index contributed by atoms with van der Waals surface area (Å²) in [5, 5.41) is 5.96. The second-order valence-corrected chi connectivity index (χ2v) is 3.61. The molecule has 1 rings (SSSR count). The molecule has 86 valence electrons. The quantitative estimate of drug-likeness (QED) is 0.561. The van der Waals surface area contributed by atoms with Crippen molar-refractivity contribution in [2.75, 3.05) is 19.6 Å². The average Bonchev–Trinajstić information content (AvgIpc) is 2.29. The molecule has 0 fully saturated rings. The van der Waals surface area contributed by atoms with Gasteiger partial charge in [-0.05, 0) is 19.1 Å². The van der Waals surface area contributed by atoms with Gasteiger partial charge in [-0.1, -0.05) is 23.8 Å². The first-order valence-corrected chi connectivity index (χ1v) is 5.40. The molecule has 0 heterocycles. The second kappa shape index (κ2) is 6.80. The van der Waals surface area contributed by atoms with Crippen LogP contribution in [0.4, 0.5) is 0 Å². The van der Waals surface area contributed by atoms with Crippen LogP contribution in [0.1, 0.15) is 15.9 Å². The highest BCUT2D eigenvalue weighted by Gasteiger charge is 2.02. The van der Waals surface area contributed by atoms with Gasteiger partial charge < -0.3 is 10.6 Å². The zero-order valence-electron chi connectivity index (χ0n) is 9.62. The molecule has 0 saturated heterocycles. The van der Waals surface area contributed by atoms with Gasteiger partial charge in [0.25, 0.3) is 5.91 Å². The number of carbonyl (C=O) groups is 1. The molecule has 0 saturated carbocycles. The van der Waals surface area contributed by atoms with E-state index in [1.807, 2.05) is 31.2 Å². The summed E-state index contributed by atoms with van der Waals surface area (Å²) in [7, 11) is 0. The van der Waals surface area contributed by atoms with Crippen LogP contribution >= 0.6 is 0 Å². The van der Waals surface area contributed by atoms with Gasteiger partial charge in [-0.2, -0.15) is 0 Å². The molecule has 0 aliphatic heterocycles. The number of benzene rings is 1. The second-order valence-electron chi connectivity index (χ2n) is 3.61. The predicted molar refractivity (Wildman–Crippen MR) is 66.6 cm³/mol. The Morgan fingerprint density at radius 1 is 1.31 bits per heavy atom. The summed E-state index contributed by atoms with van der Waals surface area (Å²) < 4.78 is 0. The molecule has 0 atom stereocenters. The normalized spacial score (nSPS) is 9.81. The minimum absolute atomic E-state index is 0.0274. The Balaban J connectivity index is 2.29. The molecule has 0 aromatic heterocycles. The fourth-order valence-corrected chi connectivity index (χ4v) is 1.28. The number of hydrogen-bond acceptors (Lipinski definition) is 2. The molecule has 3 heteroatoms. The van der Waals surface area contributed by atoms with E-state index in [9.17, 15) is 4.79 Å². The maximum absolute atomic E-state index is 11.6. The smallest absolute Gasteiger partial charge is 0.251 e. The molecule has 0 bridgehead atoms. The van der Waals surface area contributed by atoms with Crippen LogP contribution in [-0.4, -0.2) is 25.5 Å². The first-order chi connectivity index (χ1) is 7.74. The van der Waals surface area contributed by atoms with Crippen molar-refractivity contribution in [2.24, 2.45) is 0 Å². The maximum atomic E-state index is 11.6. The van der Waals surface area contributed by atoms with Gasteiger partial charge in [0, 0.05) is 25.2 Å². The lowest BCUT2D eigenvalue weighted by molar-refractivity contribution is 0.0954. The van der Waals surface area contributed by atoms with Crippen molar-refractivity contribution in [1.29, 1.82) is 0 Å². The van der Waals surface area contributed by atoms with E-state index >= 15 is 0 Å². The molecule has 0 radical (unpaired) electrons. The number of carbonyl (C=O) groups excluding carboxylic acids is 1. The zero-order valence-corrected chi connectivity index (χ0v) is 9.62. The van der Waals surface area contributed by atoms with Crippen molar-refractivity contribution in [3.05, 3.63) is 48.0 Å². The number of aryl methyl sites for hydroxylation is 1. The van der Waals surface area contributed by atoms with Crippen molar-refractivity contribution in [1.82, 2.24) is 10.6 Å². The maximum Gasteiger partial charge on any atom is 0.251 e. The number of hydrogen-bond donors (Lipinski definition) is 2. The van der Waals surface area contributed by atoms with Crippen LogP contribution in [0.2, 0.25) is 0 Å². The van der Waals surface area contributed by atoms with Gasteiger partial charge in [-0.15, -0.1) is 6.58 Å². The summed E-state index contributed by atoms with van der Waals surface area (Å²) in [6, 6.07) is 7.54. The summed E-state index contributed by atoms with van der Waals surface area (Å²) in [5.41, 5.74) is 1.86. The zero-order chi connectivity index (χ0) is 11.8. The topological polar surface area (TPSA) is 41.1 Å². The standard InChI is InChI=1S/C13H18N2O/c1-3-8-14-9-10-15-13(16)12-6-4-11(2)5-7-12/h3-7,14H,1,8-10H2,2H3,(H,15,16). The summed E-state index contributed by atoms with van der Waals surface area (Å²) >= 11 is 0. The van der Waals surface area contributed by atoms with Crippen LogP contribution in [0, 0.1) is 6.92 Å². The fraction of sp³-hybridized carbons (Fsp3) is 0.308. The van der Waals surface area contributed by atoms with Gasteiger partial charge in [-0.25, -0.2) is 0 Å². The van der Waals surface area contributed by atoms with E-state index in [1.165, 1.54) is 0 Å². The fourth-order valence-electron chi connectivity index (χ4n) is 1.28. The molecule has 2 N–H and O–H groups in total. The summed E-state index contributed by atoms with van der Waals surface area (Å²) in [6.45, 7) is 7.74. The molecule has 0 spiro atoms. The lowest BCUT2D eigenvalue weighted by Crippen LogP contribution is -2.31. The van der Waals surface area contributed by atoms with Gasteiger partial charge in [0.15, 0.2) is 0 Å². The third-order valence-electron chi connectivity index (χ3n) is 2.19. The van der Waals surface area contributed by atoms with Crippen LogP contribution in [-0.2, 0) is 0 Å². The van der Waals surface area contributed by atoms with E-state index in [4.69, 9.17) is 0 Å². The van der Waals surface area contributed by atoms with E-state index in [-0.39, 0.29) is 5.91 Å². The first kappa shape index (κ1) is 12.5. The van der Waals surface area contributed by atoms with Gasteiger partial charge in [-0.3, -0.25) is 4.79 Å². The minimum Gasteiger partial charge on any atom is -0.351 e. The van der Waals surface area contributed by atoms with Gasteiger partial charge in [0.05, 0.1) is 0 Å². The lowest BCUT2D eigenvalue weighted by Gasteiger charge is -2.05. The first-order valence-electron chi connectivity index (χ1n) is 5.40. The SMILES string of the molecule is C=CCNCCNC(=O)c1ccc(C)cc1. The van der Waals surface area contributed by atoms with Crippen LogP contribution in [0.3, 0.4) is 0 Å². The molecular formula is C13H18N2O. The molecule has 0 aliphatic carbocycles. The molecular weight excluding hydrogens is 200 g/mol. The molecule has 0 unspecified atom stereocenters. The predicted octanol–water partition coefficient (Wildman–Crippen LogP) is 1.50. The van der Waals surface area contributed by atoms with Crippen molar-refractivity contribution in [2.45, 2.75) is 6.92 Å². The molecule has 1 aromatic rings. The lowest BCUT2D eigenvalue weighted by atomic mass is 10.1. The van der Waals surface area contributed by atoms with Crippen molar-refractivity contribution >= 4 is 5.91 Å². The highest BCUT2D eigenvalue weighted by atomic mass is 16.1. The Labute approximate surface area is 96.6 Å². The van der Waals surface area contributed by atoms with E-state index < -0.39 is 0 Å².